The van der Waals surface area contributed by atoms with Crippen LogP contribution in [-0.2, 0) is 9.53 Å². The summed E-state index contributed by atoms with van der Waals surface area (Å²) in [5.41, 5.74) is 0. The molecule has 1 fully saturated rings. The lowest BCUT2D eigenvalue weighted by molar-refractivity contribution is -0.124. The molecule has 1 saturated heterocycles. The Balaban J connectivity index is 2.46. The Morgan fingerprint density at radius 2 is 2.36 bits per heavy atom. The van der Waals surface area contributed by atoms with Crippen LogP contribution in [0.2, 0.25) is 0 Å². The van der Waals surface area contributed by atoms with Gasteiger partial charge >= 0.3 is 0 Å². The molecule has 0 N–H and O–H groups in total. The van der Waals surface area contributed by atoms with Crippen LogP contribution in [0.5, 0.6) is 0 Å². The third kappa shape index (κ3) is 2.74. The van der Waals surface area contributed by atoms with Gasteiger partial charge in [-0.15, -0.1) is 11.8 Å². The molecule has 0 aromatic carbocycles. The second-order valence-electron chi connectivity index (χ2n) is 4.23. The van der Waals surface area contributed by atoms with E-state index in [-0.39, 0.29) is 10.7 Å². The molecule has 82 valence electrons. The Bertz CT molecular complexity index is 197. The molecule has 0 saturated carbocycles. The van der Waals surface area contributed by atoms with Gasteiger partial charge in [0.2, 0.25) is 0 Å². The first-order valence-electron chi connectivity index (χ1n) is 5.27. The molecule has 0 aliphatic carbocycles. The highest BCUT2D eigenvalue weighted by molar-refractivity contribution is 8.01. The second kappa shape index (κ2) is 5.17. The summed E-state index contributed by atoms with van der Waals surface area (Å²) in [4.78, 5) is 12.1. The van der Waals surface area contributed by atoms with E-state index in [1.807, 2.05) is 18.7 Å². The molecule has 14 heavy (non-hydrogen) atoms. The number of hydrogen-bond donors (Lipinski definition) is 0. The van der Waals surface area contributed by atoms with Crippen LogP contribution in [-0.4, -0.2) is 30.0 Å². The summed E-state index contributed by atoms with van der Waals surface area (Å²) in [6, 6.07) is 0. The summed E-state index contributed by atoms with van der Waals surface area (Å²) in [5.74, 6) is 1.70. The van der Waals surface area contributed by atoms with Gasteiger partial charge in [-0.05, 0) is 31.9 Å². The molecular weight excluding hydrogens is 196 g/mol. The number of carbonyl (C=O) groups excluding carboxylic acids is 1. The van der Waals surface area contributed by atoms with Gasteiger partial charge in [-0.2, -0.15) is 0 Å². The van der Waals surface area contributed by atoms with E-state index in [2.05, 4.69) is 6.92 Å². The van der Waals surface area contributed by atoms with Gasteiger partial charge in [-0.25, -0.2) is 0 Å². The van der Waals surface area contributed by atoms with Gasteiger partial charge in [-0.1, -0.05) is 6.92 Å². The molecule has 0 spiro atoms. The maximum Gasteiger partial charge on any atom is 0.151 e. The zero-order chi connectivity index (χ0) is 10.6. The van der Waals surface area contributed by atoms with Crippen LogP contribution >= 0.6 is 11.8 Å². The minimum atomic E-state index is -0.104. The fraction of sp³-hybridized carbons (Fsp3) is 0.909. The van der Waals surface area contributed by atoms with Gasteiger partial charge in [0.1, 0.15) is 0 Å². The van der Waals surface area contributed by atoms with Gasteiger partial charge in [0, 0.05) is 19.6 Å². The topological polar surface area (TPSA) is 26.3 Å². The summed E-state index contributed by atoms with van der Waals surface area (Å²) < 4.78 is 4.90. The summed E-state index contributed by atoms with van der Waals surface area (Å²) in [5, 5.41) is 0. The van der Waals surface area contributed by atoms with Crippen molar-refractivity contribution >= 4 is 17.5 Å². The maximum absolute atomic E-state index is 12.1. The van der Waals surface area contributed by atoms with Crippen LogP contribution in [0.1, 0.15) is 33.1 Å². The second-order valence-corrected chi connectivity index (χ2v) is 5.83. The molecule has 3 heteroatoms. The van der Waals surface area contributed by atoms with E-state index >= 15 is 0 Å². The molecule has 1 aliphatic rings. The summed E-state index contributed by atoms with van der Waals surface area (Å²) in [6.07, 6.45) is 3.09. The number of rotatable bonds is 5. The number of thioether (sulfide) groups is 1. The quantitative estimate of drug-likeness (QED) is 0.706. The highest BCUT2D eigenvalue weighted by atomic mass is 32.2. The van der Waals surface area contributed by atoms with Crippen molar-refractivity contribution in [2.45, 2.75) is 37.9 Å². The average Bonchev–Trinajstić information content (AvgIpc) is 2.61. The molecule has 0 aromatic rings. The number of hydrogen-bond acceptors (Lipinski definition) is 3. The maximum atomic E-state index is 12.1. The van der Waals surface area contributed by atoms with E-state index < -0.39 is 0 Å². The third-order valence-corrected chi connectivity index (χ3v) is 4.48. The predicted octanol–water partition coefficient (Wildman–Crippen LogP) is 2.51. The Morgan fingerprint density at radius 3 is 2.86 bits per heavy atom. The molecule has 0 bridgehead atoms. The van der Waals surface area contributed by atoms with Crippen molar-refractivity contribution < 1.29 is 9.53 Å². The zero-order valence-electron chi connectivity index (χ0n) is 9.34. The highest BCUT2D eigenvalue weighted by Gasteiger charge is 2.38. The fourth-order valence-corrected chi connectivity index (χ4v) is 3.29. The average molecular weight is 216 g/mol. The van der Waals surface area contributed by atoms with E-state index in [9.17, 15) is 4.79 Å². The Labute approximate surface area is 90.8 Å². The lowest BCUT2D eigenvalue weighted by Gasteiger charge is -2.24. The standard InChI is InChI=1S/C11H20O2S/c1-9(5-7-13-3)10(12)11(2)6-4-8-14-11/h9H,4-8H2,1-3H3. The third-order valence-electron chi connectivity index (χ3n) is 2.94. The van der Waals surface area contributed by atoms with Crippen LogP contribution < -0.4 is 0 Å². The molecule has 0 aromatic heterocycles. The van der Waals surface area contributed by atoms with Crippen molar-refractivity contribution in [1.82, 2.24) is 0 Å². The summed E-state index contributed by atoms with van der Waals surface area (Å²) in [7, 11) is 1.68. The molecule has 2 nitrogen and oxygen atoms in total. The Morgan fingerprint density at radius 1 is 1.64 bits per heavy atom. The smallest absolute Gasteiger partial charge is 0.151 e. The van der Waals surface area contributed by atoms with Crippen molar-refractivity contribution in [3.8, 4) is 0 Å². The SMILES string of the molecule is COCCC(C)C(=O)C1(C)CCCS1. The van der Waals surface area contributed by atoms with Crippen molar-refractivity contribution in [2.24, 2.45) is 5.92 Å². The summed E-state index contributed by atoms with van der Waals surface area (Å²) >= 11 is 1.82. The first-order valence-corrected chi connectivity index (χ1v) is 6.26. The van der Waals surface area contributed by atoms with E-state index in [1.54, 1.807) is 7.11 Å². The van der Waals surface area contributed by atoms with E-state index in [4.69, 9.17) is 4.74 Å². The summed E-state index contributed by atoms with van der Waals surface area (Å²) in [6.45, 7) is 4.80. The van der Waals surface area contributed by atoms with Crippen molar-refractivity contribution in [3.05, 3.63) is 0 Å². The van der Waals surface area contributed by atoms with Gasteiger partial charge in [0.05, 0.1) is 4.75 Å². The van der Waals surface area contributed by atoms with Gasteiger partial charge in [0.25, 0.3) is 0 Å². The number of ether oxygens (including phenoxy) is 1. The molecule has 1 aliphatic heterocycles. The predicted molar refractivity (Wildman–Crippen MR) is 60.8 cm³/mol. The van der Waals surface area contributed by atoms with Crippen LogP contribution in [0.4, 0.5) is 0 Å². The van der Waals surface area contributed by atoms with Crippen LogP contribution in [0.15, 0.2) is 0 Å². The van der Waals surface area contributed by atoms with Crippen LogP contribution in [0, 0.1) is 5.92 Å². The van der Waals surface area contributed by atoms with E-state index in [0.717, 1.165) is 18.6 Å². The molecule has 2 unspecified atom stereocenters. The number of Topliss-reactive ketones (excluding diaryl/α,β-unsaturated/α-hetero) is 1. The highest BCUT2D eigenvalue weighted by Crippen LogP contribution is 2.40. The minimum absolute atomic E-state index is 0.104. The van der Waals surface area contributed by atoms with Gasteiger partial charge < -0.3 is 4.74 Å². The van der Waals surface area contributed by atoms with Crippen molar-refractivity contribution in [3.63, 3.8) is 0 Å². The molecule has 2 atom stereocenters. The number of carbonyl (C=O) groups is 1. The molecule has 1 heterocycles. The zero-order valence-corrected chi connectivity index (χ0v) is 10.2. The van der Waals surface area contributed by atoms with E-state index in [1.165, 1.54) is 6.42 Å². The molecule has 0 amide bonds. The Hall–Kier alpha value is -0.0200. The molecule has 0 radical (unpaired) electrons. The molecular formula is C11H20O2S. The first-order chi connectivity index (χ1) is 6.60. The lowest BCUT2D eigenvalue weighted by atomic mass is 9.90. The number of methoxy groups -OCH3 is 1. The largest absolute Gasteiger partial charge is 0.385 e. The fourth-order valence-electron chi connectivity index (χ4n) is 1.92. The lowest BCUT2D eigenvalue weighted by Crippen LogP contribution is -2.34. The monoisotopic (exact) mass is 216 g/mol. The first kappa shape index (κ1) is 12.1. The van der Waals surface area contributed by atoms with Crippen LogP contribution in [0.3, 0.4) is 0 Å². The Kier molecular flexibility index (Phi) is 4.45. The van der Waals surface area contributed by atoms with Crippen molar-refractivity contribution in [2.75, 3.05) is 19.5 Å². The van der Waals surface area contributed by atoms with Gasteiger partial charge in [0.15, 0.2) is 5.78 Å². The van der Waals surface area contributed by atoms with Gasteiger partial charge in [-0.3, -0.25) is 4.79 Å². The molecule has 1 rings (SSSR count). The number of ketones is 1. The van der Waals surface area contributed by atoms with E-state index in [0.29, 0.717) is 12.4 Å². The van der Waals surface area contributed by atoms with Crippen molar-refractivity contribution in [1.29, 1.82) is 0 Å². The van der Waals surface area contributed by atoms with Crippen LogP contribution in [0.25, 0.3) is 0 Å². The normalized spacial score (nSPS) is 29.1. The minimum Gasteiger partial charge on any atom is -0.385 e.